The number of rotatable bonds is 3. The Labute approximate surface area is 109 Å². The zero-order valence-corrected chi connectivity index (χ0v) is 10.0. The molecule has 2 rings (SSSR count). The number of ether oxygens (including phenoxy) is 1. The Bertz CT molecular complexity index is 437. The first-order valence-corrected chi connectivity index (χ1v) is 5.84. The molecule has 1 aromatic rings. The Morgan fingerprint density at radius 3 is 2.42 bits per heavy atom. The molecule has 0 aromatic heterocycles. The highest BCUT2D eigenvalue weighted by atomic mass is 16.5. The maximum Gasteiger partial charge on any atom is 0.238 e. The van der Waals surface area contributed by atoms with Crippen LogP contribution in [0, 0.1) is 0 Å². The van der Waals surface area contributed by atoms with Crippen LogP contribution < -0.4 is 5.43 Å². The number of benzene rings is 1. The molecule has 1 heterocycles. The first-order chi connectivity index (χ1) is 9.13. The highest BCUT2D eigenvalue weighted by Crippen LogP contribution is 2.18. The molecule has 0 saturated carbocycles. The van der Waals surface area contributed by atoms with Crippen molar-refractivity contribution in [3.05, 3.63) is 30.3 Å². The standard InChI is InChI=1S/C12H16N2O5/c15-6-8-9(16)10(17)11(18)12(19-8)14-13-7-4-2-1-3-5-7/h1-5,8-11,13,15-18H,6H2/b14-12+/t8-,9-,10+,11+/m1/s1. The van der Waals surface area contributed by atoms with Gasteiger partial charge in [-0.25, -0.2) is 0 Å². The molecule has 7 heteroatoms. The number of hydrazone groups is 1. The zero-order chi connectivity index (χ0) is 13.8. The van der Waals surface area contributed by atoms with Crippen molar-refractivity contribution in [1.29, 1.82) is 0 Å². The first kappa shape index (κ1) is 13.8. The summed E-state index contributed by atoms with van der Waals surface area (Å²) < 4.78 is 5.13. The van der Waals surface area contributed by atoms with Gasteiger partial charge in [-0.2, -0.15) is 0 Å². The Morgan fingerprint density at radius 2 is 1.79 bits per heavy atom. The summed E-state index contributed by atoms with van der Waals surface area (Å²) in [4.78, 5) is 0. The lowest BCUT2D eigenvalue weighted by molar-refractivity contribution is -0.128. The normalized spacial score (nSPS) is 32.9. The van der Waals surface area contributed by atoms with E-state index in [-0.39, 0.29) is 5.90 Å². The molecule has 1 aromatic carbocycles. The van der Waals surface area contributed by atoms with E-state index in [2.05, 4.69) is 10.5 Å². The third-order valence-corrected chi connectivity index (χ3v) is 2.83. The van der Waals surface area contributed by atoms with E-state index in [1.807, 2.05) is 6.07 Å². The van der Waals surface area contributed by atoms with Crippen molar-refractivity contribution in [3.8, 4) is 0 Å². The van der Waals surface area contributed by atoms with Crippen LogP contribution >= 0.6 is 0 Å². The van der Waals surface area contributed by atoms with Crippen LogP contribution in [0.1, 0.15) is 0 Å². The van der Waals surface area contributed by atoms with E-state index in [0.717, 1.165) is 0 Å². The smallest absolute Gasteiger partial charge is 0.238 e. The van der Waals surface area contributed by atoms with Gasteiger partial charge >= 0.3 is 0 Å². The van der Waals surface area contributed by atoms with Gasteiger partial charge in [-0.3, -0.25) is 5.43 Å². The molecular weight excluding hydrogens is 252 g/mol. The SMILES string of the molecule is OC[C@H]1O/C(=N/Nc2ccccc2)[C@@H](O)[C@@H](O)[C@@H]1O. The van der Waals surface area contributed by atoms with Crippen LogP contribution in [-0.4, -0.2) is 57.3 Å². The van der Waals surface area contributed by atoms with Gasteiger partial charge in [0, 0.05) is 0 Å². The molecule has 7 nitrogen and oxygen atoms in total. The fourth-order valence-electron chi connectivity index (χ4n) is 1.72. The maximum absolute atomic E-state index is 9.71. The lowest BCUT2D eigenvalue weighted by atomic mass is 10.00. The number of aliphatic hydroxyl groups excluding tert-OH is 4. The molecule has 0 bridgehead atoms. The van der Waals surface area contributed by atoms with Crippen molar-refractivity contribution in [1.82, 2.24) is 0 Å². The maximum atomic E-state index is 9.71. The topological polar surface area (TPSA) is 115 Å². The molecule has 4 atom stereocenters. The van der Waals surface area contributed by atoms with Gasteiger partial charge in [0.2, 0.25) is 5.90 Å². The largest absolute Gasteiger partial charge is 0.469 e. The Balaban J connectivity index is 2.10. The summed E-state index contributed by atoms with van der Waals surface area (Å²) in [6.07, 6.45) is -5.29. The number of anilines is 1. The minimum atomic E-state index is -1.46. The summed E-state index contributed by atoms with van der Waals surface area (Å²) in [7, 11) is 0. The molecule has 1 saturated heterocycles. The fourth-order valence-corrected chi connectivity index (χ4v) is 1.72. The third-order valence-electron chi connectivity index (χ3n) is 2.83. The van der Waals surface area contributed by atoms with Gasteiger partial charge in [-0.15, -0.1) is 5.10 Å². The second kappa shape index (κ2) is 5.98. The van der Waals surface area contributed by atoms with E-state index in [1.165, 1.54) is 0 Å². The van der Waals surface area contributed by atoms with Gasteiger partial charge in [0.15, 0.2) is 12.2 Å². The van der Waals surface area contributed by atoms with Gasteiger partial charge in [-0.05, 0) is 12.1 Å². The molecule has 0 unspecified atom stereocenters. The summed E-state index contributed by atoms with van der Waals surface area (Å²) in [5.41, 5.74) is 3.33. The minimum absolute atomic E-state index is 0.180. The van der Waals surface area contributed by atoms with E-state index in [4.69, 9.17) is 9.84 Å². The number of para-hydroxylation sites is 1. The van der Waals surface area contributed by atoms with E-state index < -0.39 is 31.0 Å². The van der Waals surface area contributed by atoms with Crippen LogP contribution in [0.4, 0.5) is 5.69 Å². The number of hydrogen-bond acceptors (Lipinski definition) is 7. The van der Waals surface area contributed by atoms with E-state index in [1.54, 1.807) is 24.3 Å². The third kappa shape index (κ3) is 3.02. The van der Waals surface area contributed by atoms with Crippen molar-refractivity contribution >= 4 is 11.6 Å². The summed E-state index contributed by atoms with van der Waals surface area (Å²) in [5, 5.41) is 41.7. The van der Waals surface area contributed by atoms with Gasteiger partial charge in [0.25, 0.3) is 0 Å². The van der Waals surface area contributed by atoms with Gasteiger partial charge in [-0.1, -0.05) is 18.2 Å². The molecule has 104 valence electrons. The van der Waals surface area contributed by atoms with Crippen molar-refractivity contribution < 1.29 is 25.2 Å². The first-order valence-electron chi connectivity index (χ1n) is 5.84. The Kier molecular flexibility index (Phi) is 4.33. The van der Waals surface area contributed by atoms with Crippen LogP contribution in [0.25, 0.3) is 0 Å². The van der Waals surface area contributed by atoms with E-state index in [0.29, 0.717) is 5.69 Å². The second-order valence-electron chi connectivity index (χ2n) is 4.19. The van der Waals surface area contributed by atoms with E-state index in [9.17, 15) is 15.3 Å². The fraction of sp³-hybridized carbons (Fsp3) is 0.417. The summed E-state index contributed by atoms with van der Waals surface area (Å²) in [6.45, 7) is -0.491. The van der Waals surface area contributed by atoms with Crippen molar-refractivity contribution in [2.24, 2.45) is 5.10 Å². The van der Waals surface area contributed by atoms with Gasteiger partial charge in [0.05, 0.1) is 12.3 Å². The highest BCUT2D eigenvalue weighted by Gasteiger charge is 2.42. The Morgan fingerprint density at radius 1 is 1.11 bits per heavy atom. The predicted molar refractivity (Wildman–Crippen MR) is 67.5 cm³/mol. The molecule has 19 heavy (non-hydrogen) atoms. The summed E-state index contributed by atoms with van der Waals surface area (Å²) >= 11 is 0. The average molecular weight is 268 g/mol. The predicted octanol–water partition coefficient (Wildman–Crippen LogP) is -1.11. The Hall–Kier alpha value is -1.67. The lowest BCUT2D eigenvalue weighted by Crippen LogP contribution is -2.56. The number of nitrogens with one attached hydrogen (secondary N) is 1. The molecule has 1 fully saturated rings. The summed E-state index contributed by atoms with van der Waals surface area (Å²) in [6, 6.07) is 8.96. The highest BCUT2D eigenvalue weighted by molar-refractivity contribution is 5.83. The molecule has 0 radical (unpaired) electrons. The molecule has 0 aliphatic carbocycles. The lowest BCUT2D eigenvalue weighted by Gasteiger charge is -2.35. The van der Waals surface area contributed by atoms with Crippen LogP contribution in [0.3, 0.4) is 0 Å². The van der Waals surface area contributed by atoms with Crippen LogP contribution in [0.2, 0.25) is 0 Å². The van der Waals surface area contributed by atoms with Crippen LogP contribution in [-0.2, 0) is 4.74 Å². The van der Waals surface area contributed by atoms with Crippen LogP contribution in [0.5, 0.6) is 0 Å². The van der Waals surface area contributed by atoms with Gasteiger partial charge < -0.3 is 25.2 Å². The molecular formula is C12H16N2O5. The molecule has 1 aliphatic rings. The monoisotopic (exact) mass is 268 g/mol. The number of nitrogens with zero attached hydrogens (tertiary/aromatic N) is 1. The molecule has 0 spiro atoms. The van der Waals surface area contributed by atoms with Gasteiger partial charge in [0.1, 0.15) is 12.2 Å². The number of aliphatic hydroxyl groups is 4. The molecule has 1 aliphatic heterocycles. The average Bonchev–Trinajstić information content (AvgIpc) is 2.45. The molecule has 5 N–H and O–H groups in total. The van der Waals surface area contributed by atoms with Crippen molar-refractivity contribution in [2.75, 3.05) is 12.0 Å². The summed E-state index contributed by atoms with van der Waals surface area (Å²) in [5.74, 6) is -0.180. The van der Waals surface area contributed by atoms with Crippen molar-refractivity contribution in [3.63, 3.8) is 0 Å². The minimum Gasteiger partial charge on any atom is -0.469 e. The zero-order valence-electron chi connectivity index (χ0n) is 10.0. The van der Waals surface area contributed by atoms with E-state index >= 15 is 0 Å². The second-order valence-corrected chi connectivity index (χ2v) is 4.19. The van der Waals surface area contributed by atoms with Crippen LogP contribution in [0.15, 0.2) is 35.4 Å². The molecule has 0 amide bonds. The van der Waals surface area contributed by atoms with Crippen molar-refractivity contribution in [2.45, 2.75) is 24.4 Å². The number of hydrogen-bond donors (Lipinski definition) is 5. The quantitative estimate of drug-likeness (QED) is 0.444.